The van der Waals surface area contributed by atoms with Crippen molar-refractivity contribution in [2.75, 3.05) is 33.4 Å². The largest absolute Gasteiger partial charge is 0.382 e. The normalized spacial score (nSPS) is 22.9. The van der Waals surface area contributed by atoms with Crippen molar-refractivity contribution in [3.63, 3.8) is 0 Å². The summed E-state index contributed by atoms with van der Waals surface area (Å²) in [7, 11) is 1.72. The summed E-state index contributed by atoms with van der Waals surface area (Å²) in [6.45, 7) is 3.15. The van der Waals surface area contributed by atoms with Crippen LogP contribution in [0.15, 0.2) is 24.3 Å². The van der Waals surface area contributed by atoms with E-state index in [2.05, 4.69) is 0 Å². The number of aryl methyl sites for hydroxylation is 1. The average molecular weight is 352 g/mol. The summed E-state index contributed by atoms with van der Waals surface area (Å²) in [6.07, 6.45) is 4.58. The van der Waals surface area contributed by atoms with Crippen LogP contribution in [0.3, 0.4) is 0 Å². The molecule has 2 saturated heterocycles. The molecule has 2 heterocycles. The number of methoxy groups -OCH3 is 1. The third-order valence-electron chi connectivity index (χ3n) is 5.38. The summed E-state index contributed by atoms with van der Waals surface area (Å²) >= 11 is 6.17. The van der Waals surface area contributed by atoms with E-state index in [0.29, 0.717) is 19.4 Å². The van der Waals surface area contributed by atoms with E-state index in [9.17, 15) is 4.79 Å². The van der Waals surface area contributed by atoms with Crippen molar-refractivity contribution in [2.45, 2.75) is 38.2 Å². The minimum Gasteiger partial charge on any atom is -0.382 e. The first kappa shape index (κ1) is 17.7. The third-order valence-corrected chi connectivity index (χ3v) is 5.75. The van der Waals surface area contributed by atoms with Gasteiger partial charge in [-0.3, -0.25) is 4.79 Å². The Morgan fingerprint density at radius 1 is 1.38 bits per heavy atom. The molecule has 0 bridgehead atoms. The van der Waals surface area contributed by atoms with Crippen LogP contribution in [-0.2, 0) is 20.7 Å². The second kappa shape index (κ2) is 7.85. The highest BCUT2D eigenvalue weighted by molar-refractivity contribution is 6.31. The molecule has 1 amide bonds. The molecule has 4 nitrogen and oxygen atoms in total. The number of halogens is 1. The molecule has 2 aliphatic heterocycles. The standard InChI is InChI=1S/C19H26ClNO3/c1-23-13-16-12-19(14-24-16)8-10-21(11-9-19)18(22)7-6-15-4-2-3-5-17(15)20/h2-5,16H,6-14H2,1H3/t16-/m0/s1. The van der Waals surface area contributed by atoms with Gasteiger partial charge in [0, 0.05) is 31.6 Å². The molecule has 1 atom stereocenters. The Kier molecular flexibility index (Phi) is 5.80. The molecule has 132 valence electrons. The van der Waals surface area contributed by atoms with E-state index in [1.54, 1.807) is 7.11 Å². The molecular formula is C19H26ClNO3. The number of benzene rings is 1. The Balaban J connectivity index is 1.46. The van der Waals surface area contributed by atoms with Crippen LogP contribution in [0.1, 0.15) is 31.2 Å². The Hall–Kier alpha value is -1.10. The van der Waals surface area contributed by atoms with Gasteiger partial charge in [0.15, 0.2) is 0 Å². The fraction of sp³-hybridized carbons (Fsp3) is 0.632. The lowest BCUT2D eigenvalue weighted by atomic mass is 9.76. The summed E-state index contributed by atoms with van der Waals surface area (Å²) in [4.78, 5) is 14.5. The van der Waals surface area contributed by atoms with Crippen molar-refractivity contribution in [3.8, 4) is 0 Å². The van der Waals surface area contributed by atoms with E-state index in [-0.39, 0.29) is 17.4 Å². The molecule has 0 aliphatic carbocycles. The lowest BCUT2D eigenvalue weighted by Gasteiger charge is -2.38. The number of carbonyl (C=O) groups excluding carboxylic acids is 1. The van der Waals surface area contributed by atoms with E-state index < -0.39 is 0 Å². The second-order valence-corrected chi connectivity index (χ2v) is 7.47. The predicted molar refractivity (Wildman–Crippen MR) is 94.3 cm³/mol. The van der Waals surface area contributed by atoms with E-state index >= 15 is 0 Å². The number of amides is 1. The van der Waals surface area contributed by atoms with Gasteiger partial charge in [0.05, 0.1) is 19.3 Å². The maximum absolute atomic E-state index is 12.5. The van der Waals surface area contributed by atoms with Gasteiger partial charge in [0.25, 0.3) is 0 Å². The molecule has 5 heteroatoms. The van der Waals surface area contributed by atoms with E-state index in [1.165, 1.54) is 0 Å². The van der Waals surface area contributed by atoms with Gasteiger partial charge in [-0.15, -0.1) is 0 Å². The molecular weight excluding hydrogens is 326 g/mol. The van der Waals surface area contributed by atoms with Crippen LogP contribution in [0, 0.1) is 5.41 Å². The van der Waals surface area contributed by atoms with Gasteiger partial charge in [-0.25, -0.2) is 0 Å². The SMILES string of the molecule is COC[C@@H]1CC2(CCN(C(=O)CCc3ccccc3Cl)CC2)CO1. The fourth-order valence-corrected chi connectivity index (χ4v) is 4.10. The smallest absolute Gasteiger partial charge is 0.222 e. The van der Waals surface area contributed by atoms with Gasteiger partial charge in [-0.05, 0) is 42.7 Å². The first-order valence-electron chi connectivity index (χ1n) is 8.74. The highest BCUT2D eigenvalue weighted by Gasteiger charge is 2.42. The molecule has 1 spiro atoms. The molecule has 0 N–H and O–H groups in total. The molecule has 1 aromatic carbocycles. The molecule has 0 aromatic heterocycles. The van der Waals surface area contributed by atoms with E-state index in [1.807, 2.05) is 29.2 Å². The van der Waals surface area contributed by atoms with Crippen molar-refractivity contribution in [2.24, 2.45) is 5.41 Å². The van der Waals surface area contributed by atoms with Gasteiger partial charge >= 0.3 is 0 Å². The van der Waals surface area contributed by atoms with Crippen LogP contribution in [-0.4, -0.2) is 50.3 Å². The number of carbonyl (C=O) groups is 1. The summed E-state index contributed by atoms with van der Waals surface area (Å²) in [5.41, 5.74) is 1.30. The molecule has 24 heavy (non-hydrogen) atoms. The Bertz CT molecular complexity index is 569. The molecule has 0 radical (unpaired) electrons. The van der Waals surface area contributed by atoms with E-state index in [4.69, 9.17) is 21.1 Å². The number of ether oxygens (including phenoxy) is 2. The third kappa shape index (κ3) is 4.11. The number of rotatable bonds is 5. The number of hydrogen-bond donors (Lipinski definition) is 0. The summed E-state index contributed by atoms with van der Waals surface area (Å²) < 4.78 is 11.1. The highest BCUT2D eigenvalue weighted by Crippen LogP contribution is 2.42. The minimum absolute atomic E-state index is 0.220. The Morgan fingerprint density at radius 2 is 2.12 bits per heavy atom. The Morgan fingerprint density at radius 3 is 2.83 bits per heavy atom. The number of likely N-dealkylation sites (tertiary alicyclic amines) is 1. The predicted octanol–water partition coefficient (Wildman–Crippen LogP) is 3.32. The second-order valence-electron chi connectivity index (χ2n) is 7.06. The number of hydrogen-bond acceptors (Lipinski definition) is 3. The first-order valence-corrected chi connectivity index (χ1v) is 9.11. The molecule has 0 unspecified atom stereocenters. The van der Waals surface area contributed by atoms with Gasteiger partial charge in [-0.1, -0.05) is 29.8 Å². The van der Waals surface area contributed by atoms with Crippen LogP contribution in [0.25, 0.3) is 0 Å². The molecule has 0 saturated carbocycles. The van der Waals surface area contributed by atoms with Crippen LogP contribution in [0.5, 0.6) is 0 Å². The van der Waals surface area contributed by atoms with Crippen molar-refractivity contribution in [1.29, 1.82) is 0 Å². The van der Waals surface area contributed by atoms with Crippen molar-refractivity contribution >= 4 is 17.5 Å². The first-order chi connectivity index (χ1) is 11.6. The average Bonchev–Trinajstić information content (AvgIpc) is 2.97. The molecule has 1 aromatic rings. The Labute approximate surface area is 149 Å². The summed E-state index contributed by atoms with van der Waals surface area (Å²) in [5, 5.41) is 0.746. The van der Waals surface area contributed by atoms with Gasteiger partial charge in [0.2, 0.25) is 5.91 Å². The van der Waals surface area contributed by atoms with Crippen LogP contribution in [0.4, 0.5) is 0 Å². The molecule has 2 fully saturated rings. The molecule has 2 aliphatic rings. The van der Waals surface area contributed by atoms with Gasteiger partial charge in [-0.2, -0.15) is 0 Å². The number of nitrogens with zero attached hydrogens (tertiary/aromatic N) is 1. The van der Waals surface area contributed by atoms with Crippen molar-refractivity contribution in [1.82, 2.24) is 4.90 Å². The minimum atomic E-state index is 0.220. The van der Waals surface area contributed by atoms with Crippen LogP contribution in [0.2, 0.25) is 5.02 Å². The molecule has 3 rings (SSSR count). The quantitative estimate of drug-likeness (QED) is 0.816. The maximum Gasteiger partial charge on any atom is 0.222 e. The topological polar surface area (TPSA) is 38.8 Å². The van der Waals surface area contributed by atoms with Crippen LogP contribution < -0.4 is 0 Å². The highest BCUT2D eigenvalue weighted by atomic mass is 35.5. The summed E-state index contributed by atoms with van der Waals surface area (Å²) in [6, 6.07) is 7.75. The fourth-order valence-electron chi connectivity index (χ4n) is 3.87. The monoisotopic (exact) mass is 351 g/mol. The van der Waals surface area contributed by atoms with Crippen molar-refractivity contribution < 1.29 is 14.3 Å². The summed E-state index contributed by atoms with van der Waals surface area (Å²) in [5.74, 6) is 0.233. The zero-order chi connectivity index (χ0) is 17.0. The zero-order valence-corrected chi connectivity index (χ0v) is 15.1. The van der Waals surface area contributed by atoms with Crippen LogP contribution >= 0.6 is 11.6 Å². The van der Waals surface area contributed by atoms with Gasteiger partial charge in [0.1, 0.15) is 0 Å². The number of piperidine rings is 1. The maximum atomic E-state index is 12.5. The van der Waals surface area contributed by atoms with E-state index in [0.717, 1.165) is 49.5 Å². The van der Waals surface area contributed by atoms with Gasteiger partial charge < -0.3 is 14.4 Å². The lowest BCUT2D eigenvalue weighted by Crippen LogP contribution is -2.43. The zero-order valence-electron chi connectivity index (χ0n) is 14.3. The van der Waals surface area contributed by atoms with Crippen molar-refractivity contribution in [3.05, 3.63) is 34.9 Å². The lowest BCUT2D eigenvalue weighted by molar-refractivity contribution is -0.133.